The number of carboxylic acids is 1. The Balaban J connectivity index is 1.90. The van der Waals surface area contributed by atoms with E-state index in [1.165, 1.54) is 12.1 Å². The first-order valence-corrected chi connectivity index (χ1v) is 6.96. The Labute approximate surface area is 132 Å². The molecular formula is C18H13NO4. The molecule has 0 bridgehead atoms. The zero-order valence-electron chi connectivity index (χ0n) is 12.3. The van der Waals surface area contributed by atoms with Gasteiger partial charge in [-0.3, -0.25) is 0 Å². The number of hydrogen-bond acceptors (Lipinski definition) is 4. The molecule has 3 rings (SSSR count). The highest BCUT2D eigenvalue weighted by Crippen LogP contribution is 2.20. The van der Waals surface area contributed by atoms with Crippen molar-refractivity contribution in [1.82, 2.24) is 0 Å². The number of benzene rings is 2. The van der Waals surface area contributed by atoms with E-state index < -0.39 is 11.9 Å². The highest BCUT2D eigenvalue weighted by molar-refractivity contribution is 6.12. The van der Waals surface area contributed by atoms with E-state index in [0.29, 0.717) is 5.56 Å². The van der Waals surface area contributed by atoms with Crippen molar-refractivity contribution in [2.24, 2.45) is 4.99 Å². The molecule has 0 atom stereocenters. The Bertz CT molecular complexity index is 848. The zero-order valence-corrected chi connectivity index (χ0v) is 12.3. The number of carbonyl (C=O) groups is 2. The summed E-state index contributed by atoms with van der Waals surface area (Å²) in [7, 11) is 0. The van der Waals surface area contributed by atoms with Crippen LogP contribution in [0.5, 0.6) is 0 Å². The molecule has 0 fully saturated rings. The summed E-state index contributed by atoms with van der Waals surface area (Å²) >= 11 is 0. The predicted molar refractivity (Wildman–Crippen MR) is 85.2 cm³/mol. The number of rotatable bonds is 3. The van der Waals surface area contributed by atoms with Gasteiger partial charge >= 0.3 is 11.9 Å². The van der Waals surface area contributed by atoms with Crippen LogP contribution in [-0.4, -0.2) is 22.9 Å². The molecule has 1 N–H and O–H groups in total. The summed E-state index contributed by atoms with van der Waals surface area (Å²) in [5.74, 6) is -1.25. The molecule has 0 saturated heterocycles. The van der Waals surface area contributed by atoms with E-state index in [4.69, 9.17) is 9.84 Å². The normalized spacial score (nSPS) is 15.4. The van der Waals surface area contributed by atoms with Crippen LogP contribution in [0, 0.1) is 6.92 Å². The molecular weight excluding hydrogens is 294 g/mol. The molecule has 2 aromatic carbocycles. The molecule has 0 unspecified atom stereocenters. The van der Waals surface area contributed by atoms with Gasteiger partial charge in [0.15, 0.2) is 5.70 Å². The summed E-state index contributed by atoms with van der Waals surface area (Å²) in [6.07, 6.45) is 1.57. The van der Waals surface area contributed by atoms with Gasteiger partial charge in [-0.15, -0.1) is 0 Å². The first kappa shape index (κ1) is 14.7. The van der Waals surface area contributed by atoms with Gasteiger partial charge in [-0.1, -0.05) is 29.8 Å². The van der Waals surface area contributed by atoms with Crippen LogP contribution in [0.1, 0.15) is 27.0 Å². The Morgan fingerprint density at radius 3 is 2.57 bits per heavy atom. The van der Waals surface area contributed by atoms with Crippen molar-refractivity contribution in [2.75, 3.05) is 0 Å². The second-order valence-electron chi connectivity index (χ2n) is 5.13. The number of esters is 1. The van der Waals surface area contributed by atoms with Gasteiger partial charge in [-0.05, 0) is 42.8 Å². The van der Waals surface area contributed by atoms with Gasteiger partial charge in [0.1, 0.15) is 0 Å². The Kier molecular flexibility index (Phi) is 3.76. The van der Waals surface area contributed by atoms with Crippen molar-refractivity contribution < 1.29 is 19.4 Å². The summed E-state index contributed by atoms with van der Waals surface area (Å²) in [5.41, 5.74) is 2.83. The van der Waals surface area contributed by atoms with Gasteiger partial charge in [0.25, 0.3) is 0 Å². The van der Waals surface area contributed by atoms with Crippen LogP contribution in [0.4, 0.5) is 0 Å². The van der Waals surface area contributed by atoms with Crippen LogP contribution < -0.4 is 0 Å². The third kappa shape index (κ3) is 3.18. The maximum atomic E-state index is 11.9. The van der Waals surface area contributed by atoms with Gasteiger partial charge in [0.05, 0.1) is 5.56 Å². The maximum absolute atomic E-state index is 11.9. The van der Waals surface area contributed by atoms with Crippen LogP contribution in [-0.2, 0) is 9.53 Å². The summed E-state index contributed by atoms with van der Waals surface area (Å²) in [4.78, 5) is 27.0. The second-order valence-corrected chi connectivity index (χ2v) is 5.13. The molecule has 0 aliphatic carbocycles. The molecule has 0 radical (unpaired) electrons. The first-order chi connectivity index (χ1) is 11.0. The molecule has 114 valence electrons. The number of cyclic esters (lactones) is 1. The minimum Gasteiger partial charge on any atom is -0.478 e. The average Bonchev–Trinajstić information content (AvgIpc) is 2.89. The fourth-order valence-corrected chi connectivity index (χ4v) is 2.19. The Hall–Kier alpha value is -3.21. The smallest absolute Gasteiger partial charge is 0.363 e. The van der Waals surface area contributed by atoms with Crippen molar-refractivity contribution in [2.45, 2.75) is 6.92 Å². The van der Waals surface area contributed by atoms with Crippen LogP contribution in [0.25, 0.3) is 6.08 Å². The number of aliphatic imine (C=N–C) groups is 1. The van der Waals surface area contributed by atoms with E-state index in [0.717, 1.165) is 11.1 Å². The molecule has 5 heteroatoms. The standard InChI is InChI=1S/C18H13NO4/c1-11-3-2-4-14(9-11)16-19-15(18(22)23-16)10-12-5-7-13(8-6-12)17(20)21/h2-10H,1H3,(H,20,21). The lowest BCUT2D eigenvalue weighted by Crippen LogP contribution is -2.05. The second kappa shape index (κ2) is 5.88. The number of aromatic carboxylic acids is 1. The highest BCUT2D eigenvalue weighted by atomic mass is 16.6. The predicted octanol–water partition coefficient (Wildman–Crippen LogP) is 3.04. The molecule has 1 aliphatic heterocycles. The largest absolute Gasteiger partial charge is 0.478 e. The zero-order chi connectivity index (χ0) is 16.4. The number of carboxylic acid groups (broad SMARTS) is 1. The fraction of sp³-hybridized carbons (Fsp3) is 0.0556. The molecule has 0 saturated carbocycles. The van der Waals surface area contributed by atoms with Gasteiger partial charge in [-0.25, -0.2) is 14.6 Å². The lowest BCUT2D eigenvalue weighted by molar-refractivity contribution is -0.129. The monoisotopic (exact) mass is 307 g/mol. The summed E-state index contributed by atoms with van der Waals surface area (Å²) in [5, 5.41) is 8.87. The quantitative estimate of drug-likeness (QED) is 0.698. The number of ether oxygens (including phenoxy) is 1. The van der Waals surface area contributed by atoms with Crippen LogP contribution in [0.2, 0.25) is 0 Å². The van der Waals surface area contributed by atoms with Crippen LogP contribution >= 0.6 is 0 Å². The Morgan fingerprint density at radius 2 is 1.91 bits per heavy atom. The number of aryl methyl sites for hydroxylation is 1. The van der Waals surface area contributed by atoms with E-state index in [1.807, 2.05) is 31.2 Å². The lowest BCUT2D eigenvalue weighted by Gasteiger charge is -1.99. The lowest BCUT2D eigenvalue weighted by atomic mass is 10.1. The fourth-order valence-electron chi connectivity index (χ4n) is 2.19. The van der Waals surface area contributed by atoms with E-state index in [1.54, 1.807) is 18.2 Å². The van der Waals surface area contributed by atoms with Crippen LogP contribution in [0.15, 0.2) is 59.2 Å². The number of carbonyl (C=O) groups excluding carboxylic acids is 1. The van der Waals surface area contributed by atoms with E-state index in [-0.39, 0.29) is 17.2 Å². The van der Waals surface area contributed by atoms with Gasteiger partial charge in [-0.2, -0.15) is 0 Å². The van der Waals surface area contributed by atoms with Crippen LogP contribution in [0.3, 0.4) is 0 Å². The molecule has 23 heavy (non-hydrogen) atoms. The van der Waals surface area contributed by atoms with Crippen molar-refractivity contribution in [3.63, 3.8) is 0 Å². The van der Waals surface area contributed by atoms with Crippen molar-refractivity contribution in [1.29, 1.82) is 0 Å². The van der Waals surface area contributed by atoms with Gasteiger partial charge in [0.2, 0.25) is 5.90 Å². The minimum absolute atomic E-state index is 0.185. The summed E-state index contributed by atoms with van der Waals surface area (Å²) in [6, 6.07) is 13.7. The maximum Gasteiger partial charge on any atom is 0.363 e. The molecule has 2 aromatic rings. The van der Waals surface area contributed by atoms with E-state index >= 15 is 0 Å². The van der Waals surface area contributed by atoms with Crippen molar-refractivity contribution in [3.8, 4) is 0 Å². The molecule has 1 aliphatic rings. The number of nitrogens with zero attached hydrogens (tertiary/aromatic N) is 1. The van der Waals surface area contributed by atoms with Crippen molar-refractivity contribution >= 4 is 23.9 Å². The van der Waals surface area contributed by atoms with Gasteiger partial charge < -0.3 is 9.84 Å². The summed E-state index contributed by atoms with van der Waals surface area (Å²) < 4.78 is 5.20. The highest BCUT2D eigenvalue weighted by Gasteiger charge is 2.24. The molecule has 0 spiro atoms. The molecule has 0 amide bonds. The third-order valence-electron chi connectivity index (χ3n) is 3.35. The summed E-state index contributed by atoms with van der Waals surface area (Å²) in [6.45, 7) is 1.95. The first-order valence-electron chi connectivity index (χ1n) is 6.96. The topological polar surface area (TPSA) is 76.0 Å². The van der Waals surface area contributed by atoms with Crippen molar-refractivity contribution in [3.05, 3.63) is 76.5 Å². The average molecular weight is 307 g/mol. The molecule has 5 nitrogen and oxygen atoms in total. The molecule has 1 heterocycles. The van der Waals surface area contributed by atoms with Gasteiger partial charge in [0, 0.05) is 5.56 Å². The SMILES string of the molecule is Cc1cccc(C2=NC(=Cc3ccc(C(=O)O)cc3)C(=O)O2)c1. The van der Waals surface area contributed by atoms with E-state index in [2.05, 4.69) is 4.99 Å². The number of hydrogen-bond donors (Lipinski definition) is 1. The third-order valence-corrected chi connectivity index (χ3v) is 3.35. The minimum atomic E-state index is -0.996. The molecule has 0 aromatic heterocycles. The Morgan fingerprint density at radius 1 is 1.17 bits per heavy atom. The van der Waals surface area contributed by atoms with E-state index in [9.17, 15) is 9.59 Å².